The summed E-state index contributed by atoms with van der Waals surface area (Å²) < 4.78 is 5.65. The Hall–Kier alpha value is -6.20. The number of nitrogens with one attached hydrogen (secondary N) is 2. The van der Waals surface area contributed by atoms with Gasteiger partial charge in [-0.3, -0.25) is 57.6 Å². The van der Waals surface area contributed by atoms with Crippen molar-refractivity contribution in [3.8, 4) is 0 Å². The molecule has 1 unspecified atom stereocenters. The number of likely N-dealkylation sites (N-methyl/N-ethyl adjacent to an activating group) is 6. The fourth-order valence-electron chi connectivity index (χ4n) is 12.4. The first kappa shape index (κ1) is 80.9. The molecule has 0 aromatic carbocycles. The lowest BCUT2D eigenvalue weighted by Crippen LogP contribution is -2.72. The first-order valence-electron chi connectivity index (χ1n) is 33.0. The molecule has 0 aromatic heterocycles. The van der Waals surface area contributed by atoms with Crippen LogP contribution in [0.5, 0.6) is 0 Å². The predicted molar refractivity (Wildman–Crippen MR) is 348 cm³/mol. The molecule has 0 aliphatic carbocycles. The Morgan fingerprint density at radius 3 is 1.55 bits per heavy atom. The third kappa shape index (κ3) is 20.9. The van der Waals surface area contributed by atoms with Crippen molar-refractivity contribution in [1.82, 2.24) is 50.0 Å². The van der Waals surface area contributed by atoms with E-state index >= 15 is 19.2 Å². The van der Waals surface area contributed by atoms with Crippen LogP contribution in [0.4, 0.5) is 4.79 Å². The van der Waals surface area contributed by atoms with Crippen molar-refractivity contribution >= 4 is 70.8 Å². The van der Waals surface area contributed by atoms with Crippen LogP contribution in [-0.4, -0.2) is 234 Å². The second kappa shape index (κ2) is 35.2. The summed E-state index contributed by atoms with van der Waals surface area (Å²) in [6.07, 6.45) is 0.559. The summed E-state index contributed by atoms with van der Waals surface area (Å²) in [5.41, 5.74) is -1.32. The molecule has 91 heavy (non-hydrogen) atoms. The average molecular weight is 1290 g/mol. The minimum absolute atomic E-state index is 0.0433. The number of amides is 10. The van der Waals surface area contributed by atoms with Gasteiger partial charge in [0.2, 0.25) is 47.3 Å². The lowest BCUT2D eigenvalue weighted by Gasteiger charge is -2.50. The number of ether oxygens (including phenoxy) is 1. The monoisotopic (exact) mass is 1290 g/mol. The van der Waals surface area contributed by atoms with Gasteiger partial charge in [0.25, 0.3) is 5.91 Å². The molecule has 2 aliphatic rings. The van der Waals surface area contributed by atoms with Gasteiger partial charge in [-0.05, 0) is 81.5 Å². The van der Waals surface area contributed by atoms with E-state index in [0.717, 1.165) is 22.8 Å². The summed E-state index contributed by atoms with van der Waals surface area (Å²) in [4.78, 5) is 191. The molecule has 520 valence electrons. The summed E-state index contributed by atoms with van der Waals surface area (Å²) in [6, 6.07) is -10.9. The Balaban J connectivity index is 3.04. The summed E-state index contributed by atoms with van der Waals surface area (Å²) in [5.74, 6) is -10.5. The Morgan fingerprint density at radius 1 is 0.582 bits per heavy atom. The predicted octanol–water partition coefficient (Wildman–Crippen LogP) is 6.06. The second-order valence-corrected chi connectivity index (χ2v) is 28.9. The van der Waals surface area contributed by atoms with E-state index in [1.807, 2.05) is 55.4 Å². The van der Waals surface area contributed by atoms with Gasteiger partial charge in [-0.25, -0.2) is 9.86 Å². The molecule has 2 saturated heterocycles. The molecule has 13 atom stereocenters. The van der Waals surface area contributed by atoms with E-state index in [4.69, 9.17) is 9.57 Å². The van der Waals surface area contributed by atoms with Crippen LogP contribution < -0.4 is 10.6 Å². The van der Waals surface area contributed by atoms with Crippen molar-refractivity contribution in [2.24, 2.45) is 52.8 Å². The van der Waals surface area contributed by atoms with E-state index in [0.29, 0.717) is 6.42 Å². The lowest BCUT2D eigenvalue weighted by atomic mass is 9.77. The number of ketones is 2. The molecule has 0 spiro atoms. The zero-order valence-corrected chi connectivity index (χ0v) is 60.3. The molecule has 2 fully saturated rings. The van der Waals surface area contributed by atoms with E-state index in [1.54, 1.807) is 48.5 Å². The number of rotatable bonds is 16. The molecule has 24 heteroatoms. The fraction of sp³-hybridized carbons (Fsp3) is 0.821. The zero-order valence-electron chi connectivity index (χ0n) is 60.3. The van der Waals surface area contributed by atoms with Gasteiger partial charge in [-0.2, -0.15) is 0 Å². The summed E-state index contributed by atoms with van der Waals surface area (Å²) in [5, 5.41) is 6.58. The van der Waals surface area contributed by atoms with Crippen molar-refractivity contribution in [1.29, 1.82) is 0 Å². The first-order valence-corrected chi connectivity index (χ1v) is 33.0. The van der Waals surface area contributed by atoms with Gasteiger partial charge in [0.15, 0.2) is 17.6 Å². The SMILES string of the molecule is CCCC[C@@H](C)C1ON2C(=O)[C@H](C(C)C)N(C)C(=O)[C@H](CC(C)C)N(C)C(=O)[C@H](CC(C)C)N(C)C(=O)[C@@H](C)NC(=O)[C@H](C)CC(=O)[C@H](CC(C)C)N(C)C(=O)[C@H](C(C)C)CC(=O)[C@H](C(C)(C)COC(=O)N(C)C)N(C)C(=O)[C@@H](C)N(C)C(=O)[C@H](CC)NC(=O)[C@H]12. The molecular formula is C67H118N10O14. The van der Waals surface area contributed by atoms with E-state index in [9.17, 15) is 38.4 Å². The Kier molecular flexibility index (Phi) is 31.3. The van der Waals surface area contributed by atoms with Crippen molar-refractivity contribution < 1.29 is 67.1 Å². The highest BCUT2D eigenvalue weighted by atomic mass is 16.7. The van der Waals surface area contributed by atoms with Crippen molar-refractivity contribution in [3.63, 3.8) is 0 Å². The van der Waals surface area contributed by atoms with Gasteiger partial charge < -0.3 is 49.7 Å². The highest BCUT2D eigenvalue weighted by Crippen LogP contribution is 2.36. The van der Waals surface area contributed by atoms with Crippen LogP contribution in [0.2, 0.25) is 0 Å². The number of fused-ring (bicyclic) bond motifs is 1. The quantitative estimate of drug-likeness (QED) is 0.178. The van der Waals surface area contributed by atoms with Crippen molar-refractivity contribution in [2.75, 3.05) is 63.0 Å². The normalized spacial score (nSPS) is 27.8. The Bertz CT molecular complexity index is 2550. The van der Waals surface area contributed by atoms with Gasteiger partial charge >= 0.3 is 6.09 Å². The average Bonchev–Trinajstić information content (AvgIpc) is 0.788. The Labute approximate surface area is 544 Å². The number of hydrogen-bond acceptors (Lipinski definition) is 14. The fourth-order valence-corrected chi connectivity index (χ4v) is 12.4. The van der Waals surface area contributed by atoms with Crippen LogP contribution in [0.25, 0.3) is 0 Å². The standard InChI is InChI=1S/C67H118N10O14/c1-27-29-30-42(13)55-54-58(81)69-47(28-2)62(85)71(21)45(16)60(83)76(26)56(67(17,18)36-90-66(89)70(19)20)52(79)35-46(40(9)10)61(84)72(22)48(31-37(3)4)51(78)34-43(14)57(80)68-44(15)59(82)73(23)49(32-38(5)6)63(86)74(24)50(33-39(7)8)64(87)75(25)53(41(11)12)65(88)77(54)91-55/h37-50,53-56H,27-36H2,1-26H3,(H,68,80)(H,69,81)/t42-,43-,44-,45-,46+,47+,48+,49+,50+,53+,54+,55?,56-/m1/s1. The number of Topliss-reactive ketones (excluding diaryl/α,β-unsaturated/α-hetero) is 2. The van der Waals surface area contributed by atoms with Gasteiger partial charge in [-0.15, -0.1) is 0 Å². The van der Waals surface area contributed by atoms with Gasteiger partial charge in [0, 0.05) is 86.5 Å². The van der Waals surface area contributed by atoms with E-state index < -0.39 is 167 Å². The molecule has 2 heterocycles. The van der Waals surface area contributed by atoms with Gasteiger partial charge in [0.05, 0.1) is 12.1 Å². The van der Waals surface area contributed by atoms with Crippen LogP contribution in [0.15, 0.2) is 0 Å². The molecule has 2 aliphatic heterocycles. The number of hydroxylamine groups is 2. The largest absolute Gasteiger partial charge is 0.449 e. The third-order valence-corrected chi connectivity index (χ3v) is 18.2. The third-order valence-electron chi connectivity index (χ3n) is 18.2. The topological polar surface area (TPSA) is 273 Å². The maximum absolute atomic E-state index is 15.2. The molecular weight excluding hydrogens is 1170 g/mol. The summed E-state index contributed by atoms with van der Waals surface area (Å²) >= 11 is 0. The Morgan fingerprint density at radius 2 is 1.08 bits per heavy atom. The molecule has 0 radical (unpaired) electrons. The van der Waals surface area contributed by atoms with Crippen molar-refractivity contribution in [3.05, 3.63) is 0 Å². The molecule has 0 aromatic rings. The first-order chi connectivity index (χ1) is 41.9. The smallest absolute Gasteiger partial charge is 0.409 e. The molecule has 2 N–H and O–H groups in total. The molecule has 2 rings (SSSR count). The van der Waals surface area contributed by atoms with Crippen LogP contribution in [-0.2, 0) is 62.3 Å². The van der Waals surface area contributed by atoms with Crippen molar-refractivity contribution in [2.45, 2.75) is 243 Å². The molecule has 24 nitrogen and oxygen atoms in total. The minimum atomic E-state index is -1.37. The maximum atomic E-state index is 15.2. The van der Waals surface area contributed by atoms with E-state index in [1.165, 1.54) is 107 Å². The number of unbranched alkanes of at least 4 members (excludes halogenated alkanes) is 1. The zero-order chi connectivity index (χ0) is 70.3. The molecule has 0 bridgehead atoms. The minimum Gasteiger partial charge on any atom is -0.449 e. The highest BCUT2D eigenvalue weighted by Gasteiger charge is 2.55. The number of nitrogens with zero attached hydrogens (tertiary/aromatic N) is 8. The summed E-state index contributed by atoms with van der Waals surface area (Å²) in [7, 11) is 11.7. The van der Waals surface area contributed by atoms with E-state index in [2.05, 4.69) is 10.6 Å². The van der Waals surface area contributed by atoms with Gasteiger partial charge in [0.1, 0.15) is 49.0 Å². The lowest BCUT2D eigenvalue weighted by molar-refractivity contribution is -0.322. The van der Waals surface area contributed by atoms with Crippen LogP contribution in [0.1, 0.15) is 182 Å². The second-order valence-electron chi connectivity index (χ2n) is 28.9. The maximum Gasteiger partial charge on any atom is 0.409 e. The van der Waals surface area contributed by atoms with Crippen LogP contribution in [0.3, 0.4) is 0 Å². The molecule has 10 amide bonds. The summed E-state index contributed by atoms with van der Waals surface area (Å²) in [6.45, 7) is 31.4. The number of carbonyl (C=O) groups is 12. The van der Waals surface area contributed by atoms with E-state index in [-0.39, 0.29) is 62.4 Å². The number of hydrogen-bond donors (Lipinski definition) is 2. The van der Waals surface area contributed by atoms with Crippen LogP contribution in [0, 0.1) is 52.8 Å². The molecule has 0 saturated carbocycles. The van der Waals surface area contributed by atoms with Crippen LogP contribution >= 0.6 is 0 Å². The highest BCUT2D eigenvalue weighted by molar-refractivity contribution is 6.00. The van der Waals surface area contributed by atoms with Gasteiger partial charge in [-0.1, -0.05) is 124 Å². The number of carbonyl (C=O) groups excluding carboxylic acids is 12.